The van der Waals surface area contributed by atoms with Crippen LogP contribution in [0.1, 0.15) is 6.42 Å². The third-order valence-corrected chi connectivity index (χ3v) is 3.75. The van der Waals surface area contributed by atoms with E-state index in [2.05, 4.69) is 31.5 Å². The maximum absolute atomic E-state index is 11.7. The zero-order valence-electron chi connectivity index (χ0n) is 10.4. The van der Waals surface area contributed by atoms with Gasteiger partial charge in [0.25, 0.3) is 0 Å². The number of carbonyl (C=O) groups excluding carboxylic acids is 1. The van der Waals surface area contributed by atoms with E-state index in [9.17, 15) is 4.79 Å². The van der Waals surface area contributed by atoms with Crippen LogP contribution in [0.25, 0.3) is 0 Å². The summed E-state index contributed by atoms with van der Waals surface area (Å²) in [6, 6.07) is 8.24. The number of piperazine rings is 1. The molecule has 1 heterocycles. The molecule has 1 atom stereocenters. The van der Waals surface area contributed by atoms with Crippen LogP contribution in [-0.4, -0.2) is 38.6 Å². The summed E-state index contributed by atoms with van der Waals surface area (Å²) in [5.74, 6) is 0.0955. The van der Waals surface area contributed by atoms with Crippen LogP contribution in [0, 0.1) is 0 Å². The Hall–Kier alpha value is -1.07. The number of rotatable bonds is 4. The average molecular weight is 312 g/mol. The molecule has 0 spiro atoms. The number of halogens is 1. The lowest BCUT2D eigenvalue weighted by atomic mass is 10.1. The van der Waals surface area contributed by atoms with E-state index in [4.69, 9.17) is 0 Å². The molecule has 0 radical (unpaired) electrons. The van der Waals surface area contributed by atoms with Crippen molar-refractivity contribution < 1.29 is 4.79 Å². The van der Waals surface area contributed by atoms with Crippen molar-refractivity contribution in [3.63, 3.8) is 0 Å². The number of hydrogen-bond acceptors (Lipinski definition) is 3. The first-order valence-corrected chi connectivity index (χ1v) is 6.93. The Balaban J connectivity index is 2.09. The molecule has 98 valence electrons. The summed E-state index contributed by atoms with van der Waals surface area (Å²) in [5.41, 5.74) is 1.09. The molecule has 0 bridgehead atoms. The lowest BCUT2D eigenvalue weighted by molar-refractivity contribution is -0.121. The molecule has 4 nitrogen and oxygen atoms in total. The highest BCUT2D eigenvalue weighted by molar-refractivity contribution is 9.10. The number of carbonyl (C=O) groups is 1. The van der Waals surface area contributed by atoms with Crippen molar-refractivity contribution in [2.24, 2.45) is 0 Å². The second-order valence-corrected chi connectivity index (χ2v) is 5.34. The fraction of sp³-hybridized carbons (Fsp3) is 0.462. The Kier molecular flexibility index (Phi) is 4.60. The molecule has 1 aliphatic rings. The number of benzene rings is 1. The smallest absolute Gasteiger partial charge is 0.239 e. The molecular formula is C13H18BrN3O. The van der Waals surface area contributed by atoms with Crippen LogP contribution in [0.5, 0.6) is 0 Å². The molecule has 1 fully saturated rings. The van der Waals surface area contributed by atoms with E-state index < -0.39 is 0 Å². The monoisotopic (exact) mass is 311 g/mol. The highest BCUT2D eigenvalue weighted by Gasteiger charge is 2.25. The molecule has 5 heteroatoms. The van der Waals surface area contributed by atoms with E-state index in [0.717, 1.165) is 29.7 Å². The predicted molar refractivity (Wildman–Crippen MR) is 76.8 cm³/mol. The molecule has 2 N–H and O–H groups in total. The summed E-state index contributed by atoms with van der Waals surface area (Å²) in [5, 5.41) is 6.15. The topological polar surface area (TPSA) is 44.4 Å². The van der Waals surface area contributed by atoms with Gasteiger partial charge >= 0.3 is 0 Å². The SMILES string of the molecule is CNCCC1CN(c2ccccc2Br)CC(=O)N1. The highest BCUT2D eigenvalue weighted by Crippen LogP contribution is 2.26. The molecule has 18 heavy (non-hydrogen) atoms. The van der Waals surface area contributed by atoms with Crippen molar-refractivity contribution in [1.29, 1.82) is 0 Å². The fourth-order valence-electron chi connectivity index (χ4n) is 2.20. The third kappa shape index (κ3) is 3.23. The van der Waals surface area contributed by atoms with Gasteiger partial charge in [-0.1, -0.05) is 12.1 Å². The van der Waals surface area contributed by atoms with Gasteiger partial charge in [0, 0.05) is 17.1 Å². The summed E-state index contributed by atoms with van der Waals surface area (Å²) in [6.07, 6.45) is 0.948. The number of hydrogen-bond donors (Lipinski definition) is 2. The minimum absolute atomic E-state index is 0.0955. The first-order valence-electron chi connectivity index (χ1n) is 6.14. The molecule has 0 aromatic heterocycles. The van der Waals surface area contributed by atoms with Gasteiger partial charge < -0.3 is 15.5 Å². The van der Waals surface area contributed by atoms with Crippen LogP contribution in [0.3, 0.4) is 0 Å². The molecule has 1 aromatic rings. The maximum atomic E-state index is 11.7. The molecule has 0 aliphatic carbocycles. The zero-order chi connectivity index (χ0) is 13.0. The Morgan fingerprint density at radius 2 is 2.28 bits per heavy atom. The van der Waals surface area contributed by atoms with Gasteiger partial charge in [-0.25, -0.2) is 0 Å². The number of amides is 1. The molecule has 1 saturated heterocycles. The second kappa shape index (κ2) is 6.20. The molecule has 1 aliphatic heterocycles. The van der Waals surface area contributed by atoms with Crippen LogP contribution in [0.4, 0.5) is 5.69 Å². The fourth-order valence-corrected chi connectivity index (χ4v) is 2.73. The molecule has 0 saturated carbocycles. The first-order chi connectivity index (χ1) is 8.70. The molecule has 1 aromatic carbocycles. The summed E-state index contributed by atoms with van der Waals surface area (Å²) in [7, 11) is 1.93. The Morgan fingerprint density at radius 1 is 1.50 bits per heavy atom. The van der Waals surface area contributed by atoms with E-state index in [1.54, 1.807) is 0 Å². The quantitative estimate of drug-likeness (QED) is 0.882. The van der Waals surface area contributed by atoms with Crippen LogP contribution in [0.15, 0.2) is 28.7 Å². The second-order valence-electron chi connectivity index (χ2n) is 4.49. The zero-order valence-corrected chi connectivity index (χ0v) is 12.0. The van der Waals surface area contributed by atoms with E-state index in [0.29, 0.717) is 6.54 Å². The van der Waals surface area contributed by atoms with Gasteiger partial charge in [0.1, 0.15) is 0 Å². The normalized spacial score (nSPS) is 19.8. The van der Waals surface area contributed by atoms with Crippen molar-refractivity contribution in [1.82, 2.24) is 10.6 Å². The molecular weight excluding hydrogens is 294 g/mol. The summed E-state index contributed by atoms with van der Waals surface area (Å²) >= 11 is 3.54. The average Bonchev–Trinajstić information content (AvgIpc) is 2.36. The number of nitrogens with zero attached hydrogens (tertiary/aromatic N) is 1. The van der Waals surface area contributed by atoms with Gasteiger partial charge in [-0.15, -0.1) is 0 Å². The van der Waals surface area contributed by atoms with Crippen molar-refractivity contribution in [2.75, 3.05) is 31.6 Å². The van der Waals surface area contributed by atoms with Crippen LogP contribution >= 0.6 is 15.9 Å². The van der Waals surface area contributed by atoms with Crippen molar-refractivity contribution in [3.8, 4) is 0 Å². The van der Waals surface area contributed by atoms with Crippen LogP contribution in [-0.2, 0) is 4.79 Å². The number of para-hydroxylation sites is 1. The third-order valence-electron chi connectivity index (χ3n) is 3.08. The standard InChI is InChI=1S/C13H18BrN3O/c1-15-7-6-10-8-17(9-13(18)16-10)12-5-3-2-4-11(12)14/h2-5,10,15H,6-9H2,1H3,(H,16,18). The molecule has 2 rings (SSSR count). The number of nitrogens with one attached hydrogen (secondary N) is 2. The van der Waals surface area contributed by atoms with E-state index in [-0.39, 0.29) is 11.9 Å². The van der Waals surface area contributed by atoms with Crippen molar-refractivity contribution >= 4 is 27.5 Å². The summed E-state index contributed by atoms with van der Waals surface area (Å²) in [6.45, 7) is 2.20. The van der Waals surface area contributed by atoms with Gasteiger partial charge in [-0.2, -0.15) is 0 Å². The lowest BCUT2D eigenvalue weighted by Gasteiger charge is -2.35. The Morgan fingerprint density at radius 3 is 3.00 bits per heavy atom. The van der Waals surface area contributed by atoms with Gasteiger partial charge in [-0.3, -0.25) is 4.79 Å². The minimum atomic E-state index is 0.0955. The van der Waals surface area contributed by atoms with Gasteiger partial charge in [-0.05, 0) is 48.1 Å². The number of anilines is 1. The van der Waals surface area contributed by atoms with Gasteiger partial charge in [0.2, 0.25) is 5.91 Å². The molecule has 1 amide bonds. The van der Waals surface area contributed by atoms with Crippen molar-refractivity contribution in [3.05, 3.63) is 28.7 Å². The lowest BCUT2D eigenvalue weighted by Crippen LogP contribution is -2.54. The Labute approximate surface area is 116 Å². The van der Waals surface area contributed by atoms with Gasteiger partial charge in [0.05, 0.1) is 12.2 Å². The molecule has 1 unspecified atom stereocenters. The van der Waals surface area contributed by atoms with E-state index >= 15 is 0 Å². The van der Waals surface area contributed by atoms with Crippen LogP contribution < -0.4 is 15.5 Å². The highest BCUT2D eigenvalue weighted by atomic mass is 79.9. The maximum Gasteiger partial charge on any atom is 0.239 e. The largest absolute Gasteiger partial charge is 0.359 e. The van der Waals surface area contributed by atoms with E-state index in [1.807, 2.05) is 31.3 Å². The predicted octanol–water partition coefficient (Wildman–Crippen LogP) is 1.36. The summed E-state index contributed by atoms with van der Waals surface area (Å²) < 4.78 is 1.03. The summed E-state index contributed by atoms with van der Waals surface area (Å²) in [4.78, 5) is 13.9. The van der Waals surface area contributed by atoms with E-state index in [1.165, 1.54) is 0 Å². The van der Waals surface area contributed by atoms with Crippen molar-refractivity contribution in [2.45, 2.75) is 12.5 Å². The Bertz CT molecular complexity index is 424. The van der Waals surface area contributed by atoms with Gasteiger partial charge in [0.15, 0.2) is 0 Å². The first kappa shape index (κ1) is 13.4. The van der Waals surface area contributed by atoms with Crippen LogP contribution in [0.2, 0.25) is 0 Å². The minimum Gasteiger partial charge on any atom is -0.359 e.